The Labute approximate surface area is 207 Å². The van der Waals surface area contributed by atoms with E-state index in [4.69, 9.17) is 10.00 Å². The number of nitrogens with one attached hydrogen (secondary N) is 2. The Hall–Kier alpha value is -3.36. The monoisotopic (exact) mass is 498 g/mol. The van der Waals surface area contributed by atoms with Crippen molar-refractivity contribution in [1.29, 1.82) is 5.26 Å². The van der Waals surface area contributed by atoms with E-state index in [0.29, 0.717) is 40.9 Å². The minimum Gasteiger partial charge on any atom is -0.494 e. The number of halogens is 2. The molecule has 4 heterocycles. The maximum atomic E-state index is 13.6. The molecule has 2 amide bonds. The van der Waals surface area contributed by atoms with Gasteiger partial charge in [-0.2, -0.15) is 5.26 Å². The summed E-state index contributed by atoms with van der Waals surface area (Å²) in [5.41, 5.74) is 0.882. The summed E-state index contributed by atoms with van der Waals surface area (Å²) < 4.78 is 33.2. The van der Waals surface area contributed by atoms with Crippen molar-refractivity contribution >= 4 is 22.7 Å². The van der Waals surface area contributed by atoms with Crippen molar-refractivity contribution in [2.24, 2.45) is 0 Å². The van der Waals surface area contributed by atoms with Crippen molar-refractivity contribution in [2.75, 3.05) is 39.3 Å². The Morgan fingerprint density at radius 1 is 1.33 bits per heavy atom. The van der Waals surface area contributed by atoms with Crippen LogP contribution in [0.3, 0.4) is 0 Å². The normalized spacial score (nSPS) is 24.7. The van der Waals surface area contributed by atoms with E-state index in [2.05, 4.69) is 20.5 Å². The van der Waals surface area contributed by atoms with Crippen LogP contribution >= 0.6 is 0 Å². The van der Waals surface area contributed by atoms with Crippen molar-refractivity contribution in [2.45, 2.75) is 43.3 Å². The highest BCUT2D eigenvalue weighted by Gasteiger charge is 2.47. The molecular formula is C25H28F2N6O3. The molecule has 0 saturated carbocycles. The Morgan fingerprint density at radius 3 is 2.94 bits per heavy atom. The van der Waals surface area contributed by atoms with E-state index < -0.39 is 43.3 Å². The number of likely N-dealkylation sites (tertiary alicyclic amines) is 2. The molecule has 9 nitrogen and oxygen atoms in total. The van der Waals surface area contributed by atoms with Crippen LogP contribution < -0.4 is 15.4 Å². The number of nitriles is 1. The molecule has 0 spiro atoms. The first-order valence-corrected chi connectivity index (χ1v) is 12.2. The van der Waals surface area contributed by atoms with E-state index >= 15 is 0 Å². The number of nitrogens with zero attached hydrogens (tertiary/aromatic N) is 4. The van der Waals surface area contributed by atoms with Crippen molar-refractivity contribution in [3.05, 3.63) is 36.0 Å². The van der Waals surface area contributed by atoms with Gasteiger partial charge < -0.3 is 20.3 Å². The number of hydrogen-bond acceptors (Lipinski definition) is 7. The average molecular weight is 499 g/mol. The van der Waals surface area contributed by atoms with E-state index in [1.165, 1.54) is 18.7 Å². The van der Waals surface area contributed by atoms with Crippen LogP contribution in [-0.4, -0.2) is 90.0 Å². The number of hydrogen-bond donors (Lipinski definition) is 2. The third-order valence-electron chi connectivity index (χ3n) is 7.13. The maximum absolute atomic E-state index is 13.6. The van der Waals surface area contributed by atoms with Crippen molar-refractivity contribution < 1.29 is 23.1 Å². The number of pyridine rings is 1. The number of alkyl halides is 2. The van der Waals surface area contributed by atoms with Crippen LogP contribution in [0.5, 0.6) is 5.75 Å². The van der Waals surface area contributed by atoms with E-state index in [9.17, 15) is 18.4 Å². The SMILES string of the molecule is N#C[C@@H]1CC(F)(F)CN1C(=O)CNC(=O)c1ccnc2ccc(OCCCN3C[C@@H]4C[C@H]3CN4)cc12. The molecule has 2 aromatic rings. The number of carbonyl (C=O) groups is 2. The number of aromatic nitrogens is 1. The van der Waals surface area contributed by atoms with Gasteiger partial charge in [-0.25, -0.2) is 8.78 Å². The summed E-state index contributed by atoms with van der Waals surface area (Å²) >= 11 is 0. The minimum absolute atomic E-state index is 0.294. The molecule has 0 radical (unpaired) electrons. The summed E-state index contributed by atoms with van der Waals surface area (Å²) in [4.78, 5) is 32.9. The Kier molecular flexibility index (Phi) is 6.73. The summed E-state index contributed by atoms with van der Waals surface area (Å²) in [5.74, 6) is -3.76. The molecule has 190 valence electrons. The Morgan fingerprint density at radius 2 is 2.19 bits per heavy atom. The number of amides is 2. The lowest BCUT2D eigenvalue weighted by Gasteiger charge is -2.27. The molecule has 0 aliphatic carbocycles. The number of piperazine rings is 1. The zero-order chi connectivity index (χ0) is 25.3. The molecule has 2 bridgehead atoms. The van der Waals surface area contributed by atoms with Gasteiger partial charge in [0.15, 0.2) is 0 Å². The maximum Gasteiger partial charge on any atom is 0.268 e. The topological polar surface area (TPSA) is 111 Å². The lowest BCUT2D eigenvalue weighted by atomic mass is 10.1. The standard InChI is InChI=1S/C25H28F2N6O3/c26-25(27)10-18(11-28)33(15-25)23(34)13-31-24(35)20-4-5-29-22-3-2-19(9-21(20)22)36-7-1-6-32-14-16-8-17(32)12-30-16/h2-5,9,16-18,30H,1,6-8,10,12-15H2,(H,31,35)/t16-,17-,18-/m0/s1. The van der Waals surface area contributed by atoms with Gasteiger partial charge in [0.25, 0.3) is 11.8 Å². The molecular weight excluding hydrogens is 470 g/mol. The molecule has 5 rings (SSSR count). The van der Waals surface area contributed by atoms with Crippen LogP contribution in [0.4, 0.5) is 8.78 Å². The average Bonchev–Trinajstić information content (AvgIpc) is 3.58. The van der Waals surface area contributed by atoms with Crippen LogP contribution in [0.1, 0.15) is 29.6 Å². The first-order chi connectivity index (χ1) is 17.3. The van der Waals surface area contributed by atoms with Crippen LogP contribution in [0.25, 0.3) is 10.9 Å². The smallest absolute Gasteiger partial charge is 0.268 e. The zero-order valence-corrected chi connectivity index (χ0v) is 19.8. The fourth-order valence-electron chi connectivity index (χ4n) is 5.34. The summed E-state index contributed by atoms with van der Waals surface area (Å²) in [6.07, 6.45) is 2.91. The molecule has 3 saturated heterocycles. The van der Waals surface area contributed by atoms with Gasteiger partial charge in [-0.1, -0.05) is 0 Å². The second kappa shape index (κ2) is 9.95. The summed E-state index contributed by atoms with van der Waals surface area (Å²) in [5, 5.41) is 15.6. The quantitative estimate of drug-likeness (QED) is 0.531. The van der Waals surface area contributed by atoms with Crippen molar-refractivity contribution in [3.63, 3.8) is 0 Å². The van der Waals surface area contributed by atoms with Gasteiger partial charge in [-0.05, 0) is 37.1 Å². The molecule has 2 N–H and O–H groups in total. The molecule has 3 aliphatic rings. The predicted octanol–water partition coefficient (Wildman–Crippen LogP) is 1.54. The molecule has 0 unspecified atom stereocenters. The Bertz CT molecular complexity index is 1200. The second-order valence-corrected chi connectivity index (χ2v) is 9.64. The molecule has 3 atom stereocenters. The largest absolute Gasteiger partial charge is 0.494 e. The summed E-state index contributed by atoms with van der Waals surface area (Å²) in [6, 6.07) is 8.61. The second-order valence-electron chi connectivity index (χ2n) is 9.64. The zero-order valence-electron chi connectivity index (χ0n) is 19.8. The number of carbonyl (C=O) groups excluding carboxylic acids is 2. The van der Waals surface area contributed by atoms with Crippen LogP contribution in [-0.2, 0) is 4.79 Å². The molecule has 1 aromatic carbocycles. The molecule has 36 heavy (non-hydrogen) atoms. The number of benzene rings is 1. The lowest BCUT2D eigenvalue weighted by molar-refractivity contribution is -0.131. The summed E-state index contributed by atoms with van der Waals surface area (Å²) in [7, 11) is 0. The van der Waals surface area contributed by atoms with Gasteiger partial charge in [-0.3, -0.25) is 19.5 Å². The Balaban J connectivity index is 1.18. The lowest BCUT2D eigenvalue weighted by Crippen LogP contribution is -2.44. The van der Waals surface area contributed by atoms with Crippen LogP contribution in [0.15, 0.2) is 30.5 Å². The molecule has 1 aromatic heterocycles. The first-order valence-electron chi connectivity index (χ1n) is 12.2. The van der Waals surface area contributed by atoms with Gasteiger partial charge >= 0.3 is 0 Å². The highest BCUT2D eigenvalue weighted by atomic mass is 19.3. The fraction of sp³-hybridized carbons (Fsp3) is 0.520. The van der Waals surface area contributed by atoms with Crippen molar-refractivity contribution in [3.8, 4) is 11.8 Å². The van der Waals surface area contributed by atoms with Gasteiger partial charge in [0.2, 0.25) is 5.91 Å². The van der Waals surface area contributed by atoms with E-state index in [-0.39, 0.29) is 0 Å². The highest BCUT2D eigenvalue weighted by Crippen LogP contribution is 2.31. The third kappa shape index (κ3) is 5.10. The molecule has 3 aliphatic heterocycles. The van der Waals surface area contributed by atoms with Gasteiger partial charge in [0.1, 0.15) is 11.8 Å². The van der Waals surface area contributed by atoms with Gasteiger partial charge in [0.05, 0.1) is 36.8 Å². The predicted molar refractivity (Wildman–Crippen MR) is 127 cm³/mol. The van der Waals surface area contributed by atoms with Crippen LogP contribution in [0, 0.1) is 11.3 Å². The third-order valence-corrected chi connectivity index (χ3v) is 7.13. The molecule has 3 fully saturated rings. The van der Waals surface area contributed by atoms with Crippen LogP contribution in [0.2, 0.25) is 0 Å². The minimum atomic E-state index is -3.11. The highest BCUT2D eigenvalue weighted by molar-refractivity contribution is 6.07. The van der Waals surface area contributed by atoms with Gasteiger partial charge in [-0.15, -0.1) is 0 Å². The number of rotatable bonds is 8. The van der Waals surface area contributed by atoms with E-state index in [1.807, 2.05) is 0 Å². The molecule has 11 heteroatoms. The van der Waals surface area contributed by atoms with Gasteiger partial charge in [0, 0.05) is 49.7 Å². The number of fused-ring (bicyclic) bond motifs is 3. The van der Waals surface area contributed by atoms with Crippen molar-refractivity contribution in [1.82, 2.24) is 25.4 Å². The number of ether oxygens (including phenoxy) is 1. The fourth-order valence-corrected chi connectivity index (χ4v) is 5.34. The van der Waals surface area contributed by atoms with E-state index in [1.54, 1.807) is 24.3 Å². The summed E-state index contributed by atoms with van der Waals surface area (Å²) in [6.45, 7) is 2.36. The van der Waals surface area contributed by atoms with E-state index in [0.717, 1.165) is 31.0 Å². The first kappa shape index (κ1) is 24.3.